The topological polar surface area (TPSA) is 83.6 Å². The van der Waals surface area contributed by atoms with Crippen LogP contribution in [0, 0.1) is 5.92 Å². The Kier molecular flexibility index (Phi) is 4.08. The highest BCUT2D eigenvalue weighted by molar-refractivity contribution is 5.85. The number of aliphatic carboxylic acids is 1. The van der Waals surface area contributed by atoms with Gasteiger partial charge in [0.2, 0.25) is 5.91 Å². The lowest BCUT2D eigenvalue weighted by molar-refractivity contribution is -0.145. The highest BCUT2D eigenvalue weighted by Gasteiger charge is 2.29. The molecule has 0 aromatic carbocycles. The summed E-state index contributed by atoms with van der Waals surface area (Å²) in [4.78, 5) is 23.7. The molecule has 0 radical (unpaired) electrons. The van der Waals surface area contributed by atoms with Crippen LogP contribution in [0.25, 0.3) is 0 Å². The number of nitrogens with two attached hydrogens (primary N) is 1. The summed E-state index contributed by atoms with van der Waals surface area (Å²) >= 11 is 0. The third kappa shape index (κ3) is 3.87. The molecule has 1 fully saturated rings. The van der Waals surface area contributed by atoms with Gasteiger partial charge in [-0.2, -0.15) is 0 Å². The molecule has 86 valence electrons. The standard InChI is InChI=1S/C10H18N2O3/c1-2-8(11)10(15)12(6-9(13)14)5-7-3-4-7/h7-8H,2-6,11H2,1H3,(H,13,14)/t8-/m0/s1. The molecule has 1 aliphatic carbocycles. The first-order chi connectivity index (χ1) is 7.04. The van der Waals surface area contributed by atoms with E-state index in [1.54, 1.807) is 0 Å². The third-order valence-corrected chi connectivity index (χ3v) is 2.57. The molecule has 1 atom stereocenters. The highest BCUT2D eigenvalue weighted by Crippen LogP contribution is 2.29. The number of rotatable bonds is 6. The molecular weight excluding hydrogens is 196 g/mol. The molecule has 0 saturated heterocycles. The normalized spacial score (nSPS) is 17.2. The van der Waals surface area contributed by atoms with E-state index in [-0.39, 0.29) is 12.5 Å². The summed E-state index contributed by atoms with van der Waals surface area (Å²) < 4.78 is 0. The lowest BCUT2D eigenvalue weighted by Gasteiger charge is -2.23. The lowest BCUT2D eigenvalue weighted by atomic mass is 10.2. The molecule has 0 aliphatic heterocycles. The second kappa shape index (κ2) is 5.11. The van der Waals surface area contributed by atoms with Gasteiger partial charge in [0.05, 0.1) is 6.04 Å². The van der Waals surface area contributed by atoms with Crippen LogP contribution in [0.4, 0.5) is 0 Å². The van der Waals surface area contributed by atoms with Gasteiger partial charge >= 0.3 is 5.97 Å². The summed E-state index contributed by atoms with van der Waals surface area (Å²) in [5.41, 5.74) is 5.61. The maximum Gasteiger partial charge on any atom is 0.323 e. The summed E-state index contributed by atoms with van der Waals surface area (Å²) in [5, 5.41) is 8.69. The highest BCUT2D eigenvalue weighted by atomic mass is 16.4. The molecule has 0 spiro atoms. The Morgan fingerprint density at radius 3 is 2.53 bits per heavy atom. The largest absolute Gasteiger partial charge is 0.480 e. The van der Waals surface area contributed by atoms with Crippen LogP contribution in [-0.2, 0) is 9.59 Å². The molecule has 0 unspecified atom stereocenters. The summed E-state index contributed by atoms with van der Waals surface area (Å²) in [6.45, 7) is 2.13. The zero-order valence-corrected chi connectivity index (χ0v) is 8.98. The molecule has 1 rings (SSSR count). The number of carbonyl (C=O) groups excluding carboxylic acids is 1. The van der Waals surface area contributed by atoms with E-state index < -0.39 is 12.0 Å². The Hall–Kier alpha value is -1.10. The molecule has 0 bridgehead atoms. The molecule has 1 saturated carbocycles. The van der Waals surface area contributed by atoms with Crippen molar-refractivity contribution in [3.05, 3.63) is 0 Å². The molecule has 1 aliphatic rings. The predicted molar refractivity (Wildman–Crippen MR) is 55.2 cm³/mol. The molecule has 0 aromatic rings. The van der Waals surface area contributed by atoms with Crippen LogP contribution in [0.15, 0.2) is 0 Å². The van der Waals surface area contributed by atoms with Gasteiger partial charge < -0.3 is 15.7 Å². The van der Waals surface area contributed by atoms with Crippen molar-refractivity contribution < 1.29 is 14.7 Å². The Bertz CT molecular complexity index is 251. The molecule has 1 amide bonds. The molecule has 5 heteroatoms. The maximum atomic E-state index is 11.7. The van der Waals surface area contributed by atoms with E-state index in [1.807, 2.05) is 6.92 Å². The van der Waals surface area contributed by atoms with Gasteiger partial charge in [0.25, 0.3) is 0 Å². The number of nitrogens with zero attached hydrogens (tertiary/aromatic N) is 1. The van der Waals surface area contributed by atoms with Gasteiger partial charge in [-0.15, -0.1) is 0 Å². The van der Waals surface area contributed by atoms with E-state index in [4.69, 9.17) is 10.8 Å². The molecule has 15 heavy (non-hydrogen) atoms. The van der Waals surface area contributed by atoms with Crippen LogP contribution in [0.3, 0.4) is 0 Å². The minimum Gasteiger partial charge on any atom is -0.480 e. The van der Waals surface area contributed by atoms with Gasteiger partial charge in [0.15, 0.2) is 0 Å². The van der Waals surface area contributed by atoms with Gasteiger partial charge in [-0.1, -0.05) is 6.92 Å². The summed E-state index contributed by atoms with van der Waals surface area (Å²) in [6, 6.07) is -0.567. The van der Waals surface area contributed by atoms with E-state index in [9.17, 15) is 9.59 Å². The van der Waals surface area contributed by atoms with E-state index >= 15 is 0 Å². The van der Waals surface area contributed by atoms with Crippen molar-refractivity contribution in [2.75, 3.05) is 13.1 Å². The predicted octanol–water partition coefficient (Wildman–Crippen LogP) is 0.0469. The second-order valence-electron chi connectivity index (χ2n) is 4.07. The van der Waals surface area contributed by atoms with Crippen molar-refractivity contribution in [2.45, 2.75) is 32.2 Å². The van der Waals surface area contributed by atoms with Crippen molar-refractivity contribution in [2.24, 2.45) is 11.7 Å². The van der Waals surface area contributed by atoms with Crippen LogP contribution >= 0.6 is 0 Å². The zero-order valence-electron chi connectivity index (χ0n) is 8.98. The number of hydrogen-bond donors (Lipinski definition) is 2. The van der Waals surface area contributed by atoms with E-state index in [0.717, 1.165) is 12.8 Å². The van der Waals surface area contributed by atoms with Gasteiger partial charge in [-0.05, 0) is 25.2 Å². The van der Waals surface area contributed by atoms with Crippen LogP contribution < -0.4 is 5.73 Å². The van der Waals surface area contributed by atoms with Crippen molar-refractivity contribution in [3.8, 4) is 0 Å². The van der Waals surface area contributed by atoms with Crippen LogP contribution in [0.5, 0.6) is 0 Å². The number of hydrogen-bond acceptors (Lipinski definition) is 3. The van der Waals surface area contributed by atoms with Gasteiger partial charge in [0.1, 0.15) is 6.54 Å². The number of carboxylic acid groups (broad SMARTS) is 1. The fourth-order valence-electron chi connectivity index (χ4n) is 1.42. The smallest absolute Gasteiger partial charge is 0.323 e. The van der Waals surface area contributed by atoms with Crippen molar-refractivity contribution >= 4 is 11.9 Å². The lowest BCUT2D eigenvalue weighted by Crippen LogP contribution is -2.46. The first-order valence-corrected chi connectivity index (χ1v) is 5.30. The van der Waals surface area contributed by atoms with Crippen molar-refractivity contribution in [3.63, 3.8) is 0 Å². The number of carbonyl (C=O) groups is 2. The minimum atomic E-state index is -0.979. The van der Waals surface area contributed by atoms with E-state index in [0.29, 0.717) is 18.9 Å². The Labute approximate surface area is 89.2 Å². The zero-order chi connectivity index (χ0) is 11.4. The number of amides is 1. The molecule has 3 N–H and O–H groups in total. The average molecular weight is 214 g/mol. The number of carboxylic acids is 1. The quantitative estimate of drug-likeness (QED) is 0.654. The maximum absolute atomic E-state index is 11.7. The molecule has 0 heterocycles. The van der Waals surface area contributed by atoms with Gasteiger partial charge in [0, 0.05) is 6.54 Å². The van der Waals surface area contributed by atoms with Crippen LogP contribution in [0.1, 0.15) is 26.2 Å². The van der Waals surface area contributed by atoms with Gasteiger partial charge in [-0.3, -0.25) is 9.59 Å². The Morgan fingerprint density at radius 2 is 2.13 bits per heavy atom. The first kappa shape index (κ1) is 12.0. The van der Waals surface area contributed by atoms with E-state index in [2.05, 4.69) is 0 Å². The molecular formula is C10H18N2O3. The fourth-order valence-corrected chi connectivity index (χ4v) is 1.42. The molecule has 0 aromatic heterocycles. The Morgan fingerprint density at radius 1 is 1.53 bits per heavy atom. The fraction of sp³-hybridized carbons (Fsp3) is 0.800. The molecule has 5 nitrogen and oxygen atoms in total. The summed E-state index contributed by atoms with van der Waals surface area (Å²) in [5.74, 6) is -0.739. The Balaban J connectivity index is 2.52. The second-order valence-corrected chi connectivity index (χ2v) is 4.07. The van der Waals surface area contributed by atoms with E-state index in [1.165, 1.54) is 4.90 Å². The van der Waals surface area contributed by atoms with Crippen molar-refractivity contribution in [1.29, 1.82) is 0 Å². The third-order valence-electron chi connectivity index (χ3n) is 2.57. The van der Waals surface area contributed by atoms with Gasteiger partial charge in [-0.25, -0.2) is 0 Å². The first-order valence-electron chi connectivity index (χ1n) is 5.30. The SMILES string of the molecule is CC[C@H](N)C(=O)N(CC(=O)O)CC1CC1. The minimum absolute atomic E-state index is 0.233. The summed E-state index contributed by atoms with van der Waals surface area (Å²) in [7, 11) is 0. The average Bonchev–Trinajstić information content (AvgIpc) is 2.97. The van der Waals surface area contributed by atoms with Crippen LogP contribution in [0.2, 0.25) is 0 Å². The van der Waals surface area contributed by atoms with Crippen molar-refractivity contribution in [1.82, 2.24) is 4.90 Å². The monoisotopic (exact) mass is 214 g/mol. The summed E-state index contributed by atoms with van der Waals surface area (Å²) in [6.07, 6.45) is 2.72. The van der Waals surface area contributed by atoms with Crippen LogP contribution in [-0.4, -0.2) is 41.0 Å².